The van der Waals surface area contributed by atoms with E-state index in [2.05, 4.69) is 11.9 Å². The first-order chi connectivity index (χ1) is 10.7. The minimum atomic E-state index is -0.505. The number of amides is 1. The van der Waals surface area contributed by atoms with E-state index in [9.17, 15) is 4.79 Å². The Hall–Kier alpha value is -3.00. The number of nitriles is 1. The number of carbonyl (C=O) groups is 1. The van der Waals surface area contributed by atoms with Gasteiger partial charge in [-0.3, -0.25) is 5.32 Å². The number of rotatable bonds is 7. The van der Waals surface area contributed by atoms with Crippen LogP contribution >= 0.6 is 0 Å². The lowest BCUT2D eigenvalue weighted by molar-refractivity contribution is 0.155. The largest absolute Gasteiger partial charge is 0.450 e. The average molecular weight is 298 g/mol. The van der Waals surface area contributed by atoms with Crippen molar-refractivity contribution in [2.24, 2.45) is 0 Å². The van der Waals surface area contributed by atoms with E-state index in [1.807, 2.05) is 24.3 Å². The summed E-state index contributed by atoms with van der Waals surface area (Å²) in [5.41, 5.74) is 1.64. The number of hydrogen-bond acceptors (Lipinski definition) is 4. The van der Waals surface area contributed by atoms with Crippen LogP contribution in [0.25, 0.3) is 0 Å². The maximum absolute atomic E-state index is 11.3. The summed E-state index contributed by atoms with van der Waals surface area (Å²) in [7, 11) is 0. The number of carbonyl (C=O) groups excluding carboxylic acids is 1. The van der Waals surface area contributed by atoms with E-state index < -0.39 is 6.09 Å². The third-order valence-electron chi connectivity index (χ3n) is 2.59. The molecule has 0 fully saturated rings. The predicted octanol–water partition coefficient (Wildman–Crippen LogP) is 3.46. The molecule has 0 radical (unpaired) electrons. The zero-order valence-corrected chi connectivity index (χ0v) is 12.4. The molecular formula is C17H18N2O3. The topological polar surface area (TPSA) is 71.3 Å². The van der Waals surface area contributed by atoms with Crippen molar-refractivity contribution in [3.63, 3.8) is 0 Å². The fourth-order valence-electron chi connectivity index (χ4n) is 1.57. The SMILES string of the molecule is C=C/C(=C\C=C\Cc1ccc(OC#N)cc1)NC(=O)OCC. The second-order valence-electron chi connectivity index (χ2n) is 4.14. The molecule has 5 heteroatoms. The van der Waals surface area contributed by atoms with Crippen molar-refractivity contribution in [3.8, 4) is 12.0 Å². The molecular weight excluding hydrogens is 280 g/mol. The summed E-state index contributed by atoms with van der Waals surface area (Å²) >= 11 is 0. The Labute approximate surface area is 130 Å². The highest BCUT2D eigenvalue weighted by molar-refractivity contribution is 5.70. The number of nitrogens with zero attached hydrogens (tertiary/aromatic N) is 1. The number of allylic oxidation sites excluding steroid dienone is 4. The van der Waals surface area contributed by atoms with Gasteiger partial charge in [0.1, 0.15) is 5.75 Å². The Morgan fingerprint density at radius 1 is 1.41 bits per heavy atom. The van der Waals surface area contributed by atoms with Crippen molar-refractivity contribution < 1.29 is 14.3 Å². The number of ether oxygens (including phenoxy) is 2. The van der Waals surface area contributed by atoms with Gasteiger partial charge in [-0.2, -0.15) is 0 Å². The van der Waals surface area contributed by atoms with Crippen LogP contribution in [0.4, 0.5) is 4.79 Å². The highest BCUT2D eigenvalue weighted by Gasteiger charge is 2.00. The lowest BCUT2D eigenvalue weighted by Crippen LogP contribution is -2.22. The fraction of sp³-hybridized carbons (Fsp3) is 0.176. The highest BCUT2D eigenvalue weighted by atomic mass is 16.5. The van der Waals surface area contributed by atoms with Crippen LogP contribution in [0.5, 0.6) is 5.75 Å². The van der Waals surface area contributed by atoms with Crippen molar-refractivity contribution in [2.45, 2.75) is 13.3 Å². The molecule has 0 aromatic heterocycles. The summed E-state index contributed by atoms with van der Waals surface area (Å²) in [4.78, 5) is 11.3. The van der Waals surface area contributed by atoms with Gasteiger partial charge in [-0.25, -0.2) is 4.79 Å². The van der Waals surface area contributed by atoms with Gasteiger partial charge in [-0.15, -0.1) is 5.26 Å². The molecule has 0 unspecified atom stereocenters. The Balaban J connectivity index is 2.53. The third kappa shape index (κ3) is 6.44. The van der Waals surface area contributed by atoms with E-state index in [0.717, 1.165) is 5.56 Å². The molecule has 22 heavy (non-hydrogen) atoms. The Morgan fingerprint density at radius 2 is 2.14 bits per heavy atom. The van der Waals surface area contributed by atoms with Gasteiger partial charge in [-0.05, 0) is 43.2 Å². The minimum Gasteiger partial charge on any atom is -0.450 e. The van der Waals surface area contributed by atoms with E-state index in [-0.39, 0.29) is 0 Å². The summed E-state index contributed by atoms with van der Waals surface area (Å²) in [5.74, 6) is 0.516. The van der Waals surface area contributed by atoms with E-state index in [0.29, 0.717) is 24.5 Å². The van der Waals surface area contributed by atoms with Gasteiger partial charge in [-0.1, -0.05) is 30.9 Å². The van der Waals surface area contributed by atoms with Crippen LogP contribution in [0, 0.1) is 11.5 Å². The first-order valence-electron chi connectivity index (χ1n) is 6.77. The van der Waals surface area contributed by atoms with Gasteiger partial charge in [0.15, 0.2) is 0 Å². The monoisotopic (exact) mass is 298 g/mol. The molecule has 0 aliphatic rings. The molecule has 0 aliphatic heterocycles. The summed E-state index contributed by atoms with van der Waals surface area (Å²) in [6, 6.07) is 7.23. The first kappa shape index (κ1) is 17.1. The molecule has 0 atom stereocenters. The van der Waals surface area contributed by atoms with Gasteiger partial charge < -0.3 is 9.47 Å². The standard InChI is InChI=1S/C17H18N2O3/c1-3-15(19-17(20)21-4-2)8-6-5-7-14-9-11-16(12-10-14)22-13-18/h3,5-6,8-12H,1,4,7H2,2H3,(H,19,20)/b6-5+,15-8+. The number of alkyl carbamates (subject to hydrolysis) is 1. The van der Waals surface area contributed by atoms with Crippen molar-refractivity contribution in [2.75, 3.05) is 6.61 Å². The van der Waals surface area contributed by atoms with E-state index in [1.165, 1.54) is 6.08 Å². The van der Waals surface area contributed by atoms with Crippen molar-refractivity contribution in [3.05, 3.63) is 66.4 Å². The van der Waals surface area contributed by atoms with Crippen LogP contribution in [-0.2, 0) is 11.2 Å². The second-order valence-corrected chi connectivity index (χ2v) is 4.14. The summed E-state index contributed by atoms with van der Waals surface area (Å²) < 4.78 is 9.49. The zero-order chi connectivity index (χ0) is 16.2. The summed E-state index contributed by atoms with van der Waals surface area (Å²) in [5, 5.41) is 11.0. The summed E-state index contributed by atoms with van der Waals surface area (Å²) in [6.45, 7) is 5.68. The molecule has 1 rings (SSSR count). The number of nitrogens with one attached hydrogen (secondary N) is 1. The molecule has 1 N–H and O–H groups in total. The van der Waals surface area contributed by atoms with Crippen molar-refractivity contribution in [1.29, 1.82) is 5.26 Å². The molecule has 114 valence electrons. The minimum absolute atomic E-state index is 0.317. The normalized spacial score (nSPS) is 10.8. The summed E-state index contributed by atoms with van der Waals surface area (Å²) in [6.07, 6.45) is 8.87. The van der Waals surface area contributed by atoms with Crippen LogP contribution in [0.1, 0.15) is 12.5 Å². The lowest BCUT2D eigenvalue weighted by atomic mass is 10.1. The van der Waals surface area contributed by atoms with Gasteiger partial charge in [0, 0.05) is 5.70 Å². The number of benzene rings is 1. The van der Waals surface area contributed by atoms with E-state index in [1.54, 1.807) is 31.4 Å². The maximum Gasteiger partial charge on any atom is 0.411 e. The van der Waals surface area contributed by atoms with Gasteiger partial charge >= 0.3 is 6.09 Å². The highest BCUT2D eigenvalue weighted by Crippen LogP contribution is 2.12. The zero-order valence-electron chi connectivity index (χ0n) is 12.4. The van der Waals surface area contributed by atoms with Crippen LogP contribution in [0.15, 0.2) is 60.8 Å². The Bertz CT molecular complexity index is 595. The molecule has 0 saturated carbocycles. The molecule has 0 spiro atoms. The van der Waals surface area contributed by atoms with Crippen LogP contribution in [0.3, 0.4) is 0 Å². The van der Waals surface area contributed by atoms with Gasteiger partial charge in [0.2, 0.25) is 0 Å². The molecule has 0 bridgehead atoms. The molecule has 1 amide bonds. The first-order valence-corrected chi connectivity index (χ1v) is 6.77. The second kappa shape index (κ2) is 9.83. The van der Waals surface area contributed by atoms with Gasteiger partial charge in [0.05, 0.1) is 6.61 Å². The maximum atomic E-state index is 11.3. The van der Waals surface area contributed by atoms with Crippen LogP contribution in [0.2, 0.25) is 0 Å². The quantitative estimate of drug-likeness (QED) is 0.618. The molecule has 5 nitrogen and oxygen atoms in total. The molecule has 0 saturated heterocycles. The molecule has 1 aromatic rings. The fourth-order valence-corrected chi connectivity index (χ4v) is 1.57. The average Bonchev–Trinajstić information content (AvgIpc) is 2.52. The van der Waals surface area contributed by atoms with Crippen molar-refractivity contribution in [1.82, 2.24) is 5.32 Å². The molecule has 0 aliphatic carbocycles. The van der Waals surface area contributed by atoms with Crippen LogP contribution in [-0.4, -0.2) is 12.7 Å². The number of hydrogen-bond donors (Lipinski definition) is 1. The smallest absolute Gasteiger partial charge is 0.411 e. The third-order valence-corrected chi connectivity index (χ3v) is 2.59. The lowest BCUT2D eigenvalue weighted by Gasteiger charge is -2.04. The predicted molar refractivity (Wildman–Crippen MR) is 84.0 cm³/mol. The van der Waals surface area contributed by atoms with E-state index in [4.69, 9.17) is 14.7 Å². The van der Waals surface area contributed by atoms with Crippen molar-refractivity contribution >= 4 is 6.09 Å². The van der Waals surface area contributed by atoms with E-state index >= 15 is 0 Å². The van der Waals surface area contributed by atoms with Gasteiger partial charge in [0.25, 0.3) is 6.26 Å². The Morgan fingerprint density at radius 3 is 2.73 bits per heavy atom. The molecule has 0 heterocycles. The molecule has 1 aromatic carbocycles. The van der Waals surface area contributed by atoms with Crippen LogP contribution < -0.4 is 10.1 Å². The Kier molecular flexibility index (Phi) is 7.62.